The van der Waals surface area contributed by atoms with Gasteiger partial charge in [0.15, 0.2) is 0 Å². The lowest BCUT2D eigenvalue weighted by atomic mass is 10.2. The summed E-state index contributed by atoms with van der Waals surface area (Å²) in [5.74, 6) is 0.131. The zero-order valence-electron chi connectivity index (χ0n) is 6.60. The maximum absolute atomic E-state index is 12.8. The SMILES string of the molecule is COc1cc(F)cc(CN)c1Br. The van der Waals surface area contributed by atoms with E-state index >= 15 is 0 Å². The fraction of sp³-hybridized carbons (Fsp3) is 0.250. The molecule has 0 aromatic heterocycles. The molecule has 1 aromatic rings. The first-order chi connectivity index (χ1) is 5.69. The predicted molar refractivity (Wildman–Crippen MR) is 48.5 cm³/mol. The van der Waals surface area contributed by atoms with Gasteiger partial charge in [-0.05, 0) is 27.6 Å². The molecular weight excluding hydrogens is 225 g/mol. The van der Waals surface area contributed by atoms with Crippen LogP contribution in [0.5, 0.6) is 5.75 Å². The molecule has 2 nitrogen and oxygen atoms in total. The van der Waals surface area contributed by atoms with Gasteiger partial charge < -0.3 is 10.5 Å². The van der Waals surface area contributed by atoms with E-state index < -0.39 is 0 Å². The standard InChI is InChI=1S/C8H9BrFNO/c1-12-7-3-6(10)2-5(4-11)8(7)9/h2-3H,4,11H2,1H3. The van der Waals surface area contributed by atoms with Crippen molar-refractivity contribution in [3.8, 4) is 5.75 Å². The smallest absolute Gasteiger partial charge is 0.136 e. The average Bonchev–Trinajstić information content (AvgIpc) is 2.08. The lowest BCUT2D eigenvalue weighted by Crippen LogP contribution is -1.99. The Balaban J connectivity index is 3.22. The molecule has 0 radical (unpaired) electrons. The Morgan fingerprint density at radius 3 is 2.75 bits per heavy atom. The minimum atomic E-state index is -0.337. The Labute approximate surface area is 78.6 Å². The second kappa shape index (κ2) is 3.87. The normalized spacial score (nSPS) is 10.0. The summed E-state index contributed by atoms with van der Waals surface area (Å²) in [6.45, 7) is 0.286. The number of ether oxygens (including phenoxy) is 1. The van der Waals surface area contributed by atoms with Crippen LogP contribution in [-0.4, -0.2) is 7.11 Å². The van der Waals surface area contributed by atoms with E-state index in [-0.39, 0.29) is 12.4 Å². The summed E-state index contributed by atoms with van der Waals surface area (Å²) in [5.41, 5.74) is 6.09. The van der Waals surface area contributed by atoms with Gasteiger partial charge in [-0.1, -0.05) is 0 Å². The number of rotatable bonds is 2. The van der Waals surface area contributed by atoms with E-state index in [1.165, 1.54) is 19.2 Å². The highest BCUT2D eigenvalue weighted by molar-refractivity contribution is 9.10. The third-order valence-corrected chi connectivity index (χ3v) is 2.42. The van der Waals surface area contributed by atoms with Gasteiger partial charge in [-0.15, -0.1) is 0 Å². The molecule has 0 atom stereocenters. The molecule has 0 heterocycles. The van der Waals surface area contributed by atoms with E-state index in [2.05, 4.69) is 15.9 Å². The summed E-state index contributed by atoms with van der Waals surface area (Å²) in [7, 11) is 1.49. The van der Waals surface area contributed by atoms with Gasteiger partial charge in [-0.2, -0.15) is 0 Å². The van der Waals surface area contributed by atoms with Crippen molar-refractivity contribution in [1.29, 1.82) is 0 Å². The molecule has 0 aliphatic heterocycles. The lowest BCUT2D eigenvalue weighted by molar-refractivity contribution is 0.408. The molecule has 2 N–H and O–H groups in total. The van der Waals surface area contributed by atoms with E-state index in [0.29, 0.717) is 15.8 Å². The zero-order valence-corrected chi connectivity index (χ0v) is 8.19. The van der Waals surface area contributed by atoms with Gasteiger partial charge in [0.1, 0.15) is 11.6 Å². The quantitative estimate of drug-likeness (QED) is 0.849. The molecule has 0 saturated carbocycles. The van der Waals surface area contributed by atoms with Gasteiger partial charge >= 0.3 is 0 Å². The predicted octanol–water partition coefficient (Wildman–Crippen LogP) is 2.06. The van der Waals surface area contributed by atoms with E-state index in [4.69, 9.17) is 10.5 Å². The van der Waals surface area contributed by atoms with Crippen molar-refractivity contribution in [3.05, 3.63) is 28.0 Å². The molecular formula is C8H9BrFNO. The van der Waals surface area contributed by atoms with Crippen molar-refractivity contribution in [3.63, 3.8) is 0 Å². The Morgan fingerprint density at radius 2 is 2.25 bits per heavy atom. The third kappa shape index (κ3) is 1.76. The molecule has 0 amide bonds. The molecule has 0 spiro atoms. The van der Waals surface area contributed by atoms with Crippen LogP contribution in [0.1, 0.15) is 5.56 Å². The van der Waals surface area contributed by atoms with Crippen LogP contribution in [-0.2, 0) is 6.54 Å². The first kappa shape index (κ1) is 9.48. The summed E-state index contributed by atoms with van der Waals surface area (Å²) in [6, 6.07) is 2.69. The van der Waals surface area contributed by atoms with Crippen molar-refractivity contribution in [2.24, 2.45) is 5.73 Å². The highest BCUT2D eigenvalue weighted by Crippen LogP contribution is 2.29. The van der Waals surface area contributed by atoms with Crippen LogP contribution in [0.2, 0.25) is 0 Å². The summed E-state index contributed by atoms with van der Waals surface area (Å²) < 4.78 is 18.5. The molecule has 0 bridgehead atoms. The average molecular weight is 234 g/mol. The molecule has 66 valence electrons. The van der Waals surface area contributed by atoms with Gasteiger partial charge in [0.05, 0.1) is 11.6 Å². The number of benzene rings is 1. The first-order valence-corrected chi connectivity index (χ1v) is 4.20. The van der Waals surface area contributed by atoms with Gasteiger partial charge in [0, 0.05) is 12.6 Å². The van der Waals surface area contributed by atoms with Crippen molar-refractivity contribution in [2.75, 3.05) is 7.11 Å². The monoisotopic (exact) mass is 233 g/mol. The maximum Gasteiger partial charge on any atom is 0.136 e. The Bertz CT molecular complexity index is 265. The van der Waals surface area contributed by atoms with Crippen LogP contribution in [0.15, 0.2) is 16.6 Å². The minimum Gasteiger partial charge on any atom is -0.495 e. The Morgan fingerprint density at radius 1 is 1.58 bits per heavy atom. The lowest BCUT2D eigenvalue weighted by Gasteiger charge is -2.07. The van der Waals surface area contributed by atoms with Crippen molar-refractivity contribution in [1.82, 2.24) is 0 Å². The van der Waals surface area contributed by atoms with Crippen molar-refractivity contribution < 1.29 is 9.13 Å². The summed E-state index contributed by atoms with van der Waals surface area (Å²) in [5, 5.41) is 0. The molecule has 1 rings (SSSR count). The topological polar surface area (TPSA) is 35.2 Å². The van der Waals surface area contributed by atoms with Crippen LogP contribution >= 0.6 is 15.9 Å². The molecule has 0 unspecified atom stereocenters. The summed E-state index contributed by atoms with van der Waals surface area (Å²) >= 11 is 3.26. The van der Waals surface area contributed by atoms with E-state index in [9.17, 15) is 4.39 Å². The fourth-order valence-electron chi connectivity index (χ4n) is 0.915. The number of hydrogen-bond donors (Lipinski definition) is 1. The van der Waals surface area contributed by atoms with Crippen LogP contribution in [0.25, 0.3) is 0 Å². The molecule has 0 aliphatic rings. The Kier molecular flexibility index (Phi) is 3.05. The zero-order chi connectivity index (χ0) is 9.14. The Hall–Kier alpha value is -0.610. The second-order valence-corrected chi connectivity index (χ2v) is 3.08. The molecule has 0 saturated heterocycles. The molecule has 0 fully saturated rings. The highest BCUT2D eigenvalue weighted by Gasteiger charge is 2.07. The number of nitrogens with two attached hydrogens (primary N) is 1. The van der Waals surface area contributed by atoms with Gasteiger partial charge in [0.25, 0.3) is 0 Å². The van der Waals surface area contributed by atoms with Gasteiger partial charge in [-0.25, -0.2) is 4.39 Å². The number of hydrogen-bond acceptors (Lipinski definition) is 2. The third-order valence-electron chi connectivity index (χ3n) is 1.52. The van der Waals surface area contributed by atoms with E-state index in [1.807, 2.05) is 0 Å². The molecule has 4 heteroatoms. The van der Waals surface area contributed by atoms with Crippen molar-refractivity contribution in [2.45, 2.75) is 6.54 Å². The van der Waals surface area contributed by atoms with Crippen LogP contribution in [0.3, 0.4) is 0 Å². The molecule has 0 aliphatic carbocycles. The van der Waals surface area contributed by atoms with E-state index in [0.717, 1.165) is 0 Å². The largest absolute Gasteiger partial charge is 0.495 e. The summed E-state index contributed by atoms with van der Waals surface area (Å²) in [4.78, 5) is 0. The maximum atomic E-state index is 12.8. The van der Waals surface area contributed by atoms with Crippen LogP contribution in [0, 0.1) is 5.82 Å². The van der Waals surface area contributed by atoms with Gasteiger partial charge in [-0.3, -0.25) is 0 Å². The van der Waals surface area contributed by atoms with Gasteiger partial charge in [0.2, 0.25) is 0 Å². The second-order valence-electron chi connectivity index (χ2n) is 2.29. The van der Waals surface area contributed by atoms with Crippen LogP contribution < -0.4 is 10.5 Å². The number of halogens is 2. The highest BCUT2D eigenvalue weighted by atomic mass is 79.9. The molecule has 12 heavy (non-hydrogen) atoms. The van der Waals surface area contributed by atoms with E-state index in [1.54, 1.807) is 0 Å². The minimum absolute atomic E-state index is 0.286. The molecule has 1 aromatic carbocycles. The first-order valence-electron chi connectivity index (χ1n) is 3.41. The van der Waals surface area contributed by atoms with Crippen molar-refractivity contribution >= 4 is 15.9 Å². The fourth-order valence-corrected chi connectivity index (χ4v) is 1.47. The number of methoxy groups -OCH3 is 1. The summed E-state index contributed by atoms with van der Waals surface area (Å²) in [6.07, 6.45) is 0. The van der Waals surface area contributed by atoms with Crippen LogP contribution in [0.4, 0.5) is 4.39 Å².